The van der Waals surface area contributed by atoms with E-state index >= 15 is 0 Å². The first-order valence-corrected chi connectivity index (χ1v) is 7.33. The Balaban J connectivity index is 1.73. The second-order valence-corrected chi connectivity index (χ2v) is 5.98. The molecular weight excluding hydrogens is 252 g/mol. The molecule has 2 N–H and O–H groups in total. The molecule has 1 aromatic rings. The van der Waals surface area contributed by atoms with E-state index in [4.69, 9.17) is 10.5 Å². The molecular formula is C16H22N2O2. The van der Waals surface area contributed by atoms with Crippen LogP contribution in [-0.4, -0.2) is 36.5 Å². The number of hydrogen-bond donors (Lipinski definition) is 1. The summed E-state index contributed by atoms with van der Waals surface area (Å²) in [6.45, 7) is 1.48. The van der Waals surface area contributed by atoms with Crippen LogP contribution < -0.4 is 10.5 Å². The van der Waals surface area contributed by atoms with Crippen molar-refractivity contribution in [2.45, 2.75) is 31.2 Å². The molecule has 1 aromatic carbocycles. The zero-order valence-corrected chi connectivity index (χ0v) is 12.0. The van der Waals surface area contributed by atoms with Crippen LogP contribution in [0.3, 0.4) is 0 Å². The van der Waals surface area contributed by atoms with E-state index in [-0.39, 0.29) is 11.5 Å². The smallest absolute Gasteiger partial charge is 0.226 e. The molecule has 4 heteroatoms. The van der Waals surface area contributed by atoms with Gasteiger partial charge in [0.25, 0.3) is 0 Å². The van der Waals surface area contributed by atoms with Gasteiger partial charge < -0.3 is 15.4 Å². The van der Waals surface area contributed by atoms with Crippen LogP contribution in [0.2, 0.25) is 0 Å². The van der Waals surface area contributed by atoms with Crippen molar-refractivity contribution in [2.24, 2.45) is 11.7 Å². The molecule has 0 unspecified atom stereocenters. The van der Waals surface area contributed by atoms with Crippen LogP contribution in [0.5, 0.6) is 5.75 Å². The van der Waals surface area contributed by atoms with Gasteiger partial charge in [0.2, 0.25) is 5.91 Å². The molecule has 2 heterocycles. The fourth-order valence-electron chi connectivity index (χ4n) is 3.76. The van der Waals surface area contributed by atoms with E-state index in [1.54, 1.807) is 7.11 Å². The minimum atomic E-state index is -0.0474. The van der Waals surface area contributed by atoms with Gasteiger partial charge in [-0.3, -0.25) is 4.79 Å². The number of carbonyl (C=O) groups is 1. The largest absolute Gasteiger partial charge is 0.497 e. The van der Waals surface area contributed by atoms with Crippen molar-refractivity contribution in [3.05, 3.63) is 29.8 Å². The molecule has 20 heavy (non-hydrogen) atoms. The van der Waals surface area contributed by atoms with E-state index < -0.39 is 0 Å². The molecule has 4 nitrogen and oxygen atoms in total. The summed E-state index contributed by atoms with van der Waals surface area (Å²) in [6, 6.07) is 8.00. The molecule has 0 bridgehead atoms. The van der Waals surface area contributed by atoms with E-state index in [2.05, 4.69) is 0 Å². The highest BCUT2D eigenvalue weighted by molar-refractivity contribution is 5.83. The summed E-state index contributed by atoms with van der Waals surface area (Å²) in [4.78, 5) is 14.6. The molecule has 0 saturated carbocycles. The molecule has 0 aliphatic carbocycles. The number of hydrogen-bond acceptors (Lipinski definition) is 3. The van der Waals surface area contributed by atoms with Crippen LogP contribution in [0.15, 0.2) is 24.3 Å². The Labute approximate surface area is 119 Å². The van der Waals surface area contributed by atoms with Crippen molar-refractivity contribution in [1.82, 2.24) is 4.90 Å². The number of benzene rings is 1. The standard InChI is InChI=1S/C16H22N2O2/c1-20-14-5-3-12(4-6-14)9-13-10-16(11-17)7-2-8-18(16)15(13)19/h3-6,13H,2,7-11,17H2,1H3/t13-,16+/m1/s1. The molecule has 0 spiro atoms. The van der Waals surface area contributed by atoms with Crippen molar-refractivity contribution in [3.8, 4) is 5.75 Å². The number of methoxy groups -OCH3 is 1. The van der Waals surface area contributed by atoms with Crippen molar-refractivity contribution < 1.29 is 9.53 Å². The Bertz CT molecular complexity index is 500. The number of carbonyl (C=O) groups excluding carboxylic acids is 1. The lowest BCUT2D eigenvalue weighted by Crippen LogP contribution is -2.46. The fourth-order valence-corrected chi connectivity index (χ4v) is 3.76. The predicted molar refractivity (Wildman–Crippen MR) is 77.5 cm³/mol. The number of nitrogens with two attached hydrogens (primary N) is 1. The number of rotatable bonds is 4. The van der Waals surface area contributed by atoms with Crippen LogP contribution in [0, 0.1) is 5.92 Å². The van der Waals surface area contributed by atoms with Crippen LogP contribution in [0.1, 0.15) is 24.8 Å². The first kappa shape index (κ1) is 13.4. The maximum Gasteiger partial charge on any atom is 0.226 e. The maximum absolute atomic E-state index is 12.5. The van der Waals surface area contributed by atoms with Gasteiger partial charge in [0.15, 0.2) is 0 Å². The van der Waals surface area contributed by atoms with E-state index in [1.807, 2.05) is 29.2 Å². The van der Waals surface area contributed by atoms with Crippen LogP contribution in [-0.2, 0) is 11.2 Å². The average Bonchev–Trinajstić information content (AvgIpc) is 3.00. The van der Waals surface area contributed by atoms with Crippen LogP contribution in [0.4, 0.5) is 0 Å². The highest BCUT2D eigenvalue weighted by atomic mass is 16.5. The molecule has 3 rings (SSSR count). The third-order valence-corrected chi connectivity index (χ3v) is 4.86. The zero-order valence-electron chi connectivity index (χ0n) is 12.0. The van der Waals surface area contributed by atoms with E-state index in [9.17, 15) is 4.79 Å². The Hall–Kier alpha value is -1.55. The quantitative estimate of drug-likeness (QED) is 0.907. The summed E-state index contributed by atoms with van der Waals surface area (Å²) in [5.74, 6) is 1.24. The molecule has 2 saturated heterocycles. The van der Waals surface area contributed by atoms with E-state index in [1.165, 1.54) is 5.56 Å². The normalized spacial score (nSPS) is 28.8. The summed E-state index contributed by atoms with van der Waals surface area (Å²) >= 11 is 0. The molecule has 108 valence electrons. The van der Waals surface area contributed by atoms with Gasteiger partial charge in [0.05, 0.1) is 12.6 Å². The number of amides is 1. The van der Waals surface area contributed by atoms with Crippen LogP contribution in [0.25, 0.3) is 0 Å². The highest BCUT2D eigenvalue weighted by Gasteiger charge is 2.51. The van der Waals surface area contributed by atoms with Gasteiger partial charge in [-0.2, -0.15) is 0 Å². The summed E-state index contributed by atoms with van der Waals surface area (Å²) in [5.41, 5.74) is 7.10. The Morgan fingerprint density at radius 2 is 2.15 bits per heavy atom. The Morgan fingerprint density at radius 1 is 1.40 bits per heavy atom. The molecule has 0 aromatic heterocycles. The fraction of sp³-hybridized carbons (Fsp3) is 0.562. The van der Waals surface area contributed by atoms with E-state index in [0.29, 0.717) is 12.5 Å². The van der Waals surface area contributed by atoms with Crippen LogP contribution >= 0.6 is 0 Å². The molecule has 2 atom stereocenters. The first-order chi connectivity index (χ1) is 9.68. The third kappa shape index (κ3) is 2.08. The summed E-state index contributed by atoms with van der Waals surface area (Å²) in [7, 11) is 1.66. The highest BCUT2D eigenvalue weighted by Crippen LogP contribution is 2.42. The second kappa shape index (κ2) is 5.09. The SMILES string of the molecule is COc1ccc(C[C@@H]2C[C@]3(CN)CCCN3C2=O)cc1. The molecule has 2 aliphatic heterocycles. The topological polar surface area (TPSA) is 55.6 Å². The van der Waals surface area contributed by atoms with Gasteiger partial charge in [-0.15, -0.1) is 0 Å². The lowest BCUT2D eigenvalue weighted by molar-refractivity contribution is -0.132. The van der Waals surface area contributed by atoms with E-state index in [0.717, 1.165) is 38.0 Å². The second-order valence-electron chi connectivity index (χ2n) is 5.98. The number of nitrogens with zero attached hydrogens (tertiary/aromatic N) is 1. The Kier molecular flexibility index (Phi) is 3.42. The number of ether oxygens (including phenoxy) is 1. The van der Waals surface area contributed by atoms with Gasteiger partial charge in [0, 0.05) is 19.0 Å². The monoisotopic (exact) mass is 274 g/mol. The predicted octanol–water partition coefficient (Wildman–Crippen LogP) is 1.58. The zero-order chi connectivity index (χ0) is 14.2. The van der Waals surface area contributed by atoms with Gasteiger partial charge in [-0.1, -0.05) is 12.1 Å². The lowest BCUT2D eigenvalue weighted by Gasteiger charge is -2.30. The summed E-state index contributed by atoms with van der Waals surface area (Å²) in [5, 5.41) is 0. The average molecular weight is 274 g/mol. The maximum atomic E-state index is 12.5. The molecule has 1 amide bonds. The van der Waals surface area contributed by atoms with Crippen molar-refractivity contribution in [3.63, 3.8) is 0 Å². The van der Waals surface area contributed by atoms with Crippen molar-refractivity contribution >= 4 is 5.91 Å². The lowest BCUT2D eigenvalue weighted by atomic mass is 9.87. The minimum Gasteiger partial charge on any atom is -0.497 e. The molecule has 0 radical (unpaired) electrons. The summed E-state index contributed by atoms with van der Waals surface area (Å²) < 4.78 is 5.16. The van der Waals surface area contributed by atoms with Gasteiger partial charge in [0.1, 0.15) is 5.75 Å². The molecule has 2 aliphatic rings. The van der Waals surface area contributed by atoms with Crippen molar-refractivity contribution in [2.75, 3.05) is 20.2 Å². The Morgan fingerprint density at radius 3 is 2.75 bits per heavy atom. The minimum absolute atomic E-state index is 0.0474. The van der Waals surface area contributed by atoms with Crippen molar-refractivity contribution in [1.29, 1.82) is 0 Å². The summed E-state index contributed by atoms with van der Waals surface area (Å²) in [6.07, 6.45) is 3.88. The van der Waals surface area contributed by atoms with Gasteiger partial charge in [-0.25, -0.2) is 0 Å². The molecule has 2 fully saturated rings. The number of fused-ring (bicyclic) bond motifs is 1. The third-order valence-electron chi connectivity index (χ3n) is 4.86. The van der Waals surface area contributed by atoms with Gasteiger partial charge >= 0.3 is 0 Å². The first-order valence-electron chi connectivity index (χ1n) is 7.33. The van der Waals surface area contributed by atoms with Gasteiger partial charge in [-0.05, 0) is 43.4 Å².